The number of hydrogen-bond donors (Lipinski definition) is 6. The van der Waals surface area contributed by atoms with Crippen LogP contribution < -0.4 is 15.5 Å². The van der Waals surface area contributed by atoms with E-state index in [2.05, 4.69) is 5.32 Å². The van der Waals surface area contributed by atoms with Gasteiger partial charge in [-0.2, -0.15) is 0 Å². The first-order chi connectivity index (χ1) is 18.0. The zero-order valence-electron chi connectivity index (χ0n) is 21.3. The van der Waals surface area contributed by atoms with E-state index in [1.165, 1.54) is 6.07 Å². The van der Waals surface area contributed by atoms with E-state index < -0.39 is 49.3 Å². The number of aryl methyl sites for hydroxylation is 1. The number of carbonyl (C=O) groups excluding carboxylic acids is 1. The lowest BCUT2D eigenvalue weighted by atomic mass is 9.83. The number of amides is 1. The number of benzene rings is 1. The normalized spacial score (nSPS) is 26.3. The fourth-order valence-electron chi connectivity index (χ4n) is 4.90. The van der Waals surface area contributed by atoms with Crippen molar-refractivity contribution in [1.29, 1.82) is 0 Å². The lowest BCUT2D eigenvalue weighted by Gasteiger charge is -2.42. The highest BCUT2D eigenvalue weighted by molar-refractivity contribution is 5.80. The third-order valence-electron chi connectivity index (χ3n) is 7.32. The first-order valence-corrected chi connectivity index (χ1v) is 12.6. The van der Waals surface area contributed by atoms with Gasteiger partial charge in [0.2, 0.25) is 5.91 Å². The molecule has 1 fully saturated rings. The van der Waals surface area contributed by atoms with Gasteiger partial charge in [-0.15, -0.1) is 0 Å². The molecule has 2 aliphatic heterocycles. The predicted molar refractivity (Wildman–Crippen MR) is 132 cm³/mol. The maximum atomic E-state index is 12.5. The number of nitrogens with one attached hydrogen (secondary N) is 1. The average molecular weight is 538 g/mol. The third kappa shape index (κ3) is 6.18. The molecule has 0 saturated carbocycles. The molecule has 1 aromatic carbocycles. The van der Waals surface area contributed by atoms with Gasteiger partial charge in [-0.05, 0) is 44.2 Å². The number of carbonyl (C=O) groups is 1. The number of aliphatic hydroxyl groups is 5. The topological polar surface area (TPSA) is 188 Å². The van der Waals surface area contributed by atoms with E-state index in [0.29, 0.717) is 60.3 Å². The molecule has 38 heavy (non-hydrogen) atoms. The minimum absolute atomic E-state index is 0.00381. The molecule has 1 saturated heterocycles. The van der Waals surface area contributed by atoms with E-state index in [0.717, 1.165) is 0 Å². The molecule has 0 spiro atoms. The Bertz CT molecular complexity index is 1200. The number of rotatable bonds is 11. The molecule has 6 N–H and O–H groups in total. The molecule has 0 bridgehead atoms. The van der Waals surface area contributed by atoms with Crippen molar-refractivity contribution in [2.45, 2.75) is 75.7 Å². The molecule has 12 nitrogen and oxygen atoms in total. The van der Waals surface area contributed by atoms with Gasteiger partial charge in [0.25, 0.3) is 0 Å². The summed E-state index contributed by atoms with van der Waals surface area (Å²) in [5, 5.41) is 51.7. The number of aliphatic hydroxyl groups excluding tert-OH is 5. The SMILES string of the molecule is Cc1cc(=O)c2cc3c(cc2o1)OC(C)(CCC1CNC(=O)C1)C(OOCC(O)C(O)C(O)C(O)CO)C3. The lowest BCUT2D eigenvalue weighted by molar-refractivity contribution is -0.360. The summed E-state index contributed by atoms with van der Waals surface area (Å²) < 4.78 is 12.1. The smallest absolute Gasteiger partial charge is 0.220 e. The van der Waals surface area contributed by atoms with Crippen molar-refractivity contribution in [3.63, 3.8) is 0 Å². The van der Waals surface area contributed by atoms with E-state index in [-0.39, 0.29) is 17.3 Å². The van der Waals surface area contributed by atoms with E-state index >= 15 is 0 Å². The van der Waals surface area contributed by atoms with Crippen LogP contribution >= 0.6 is 0 Å². The van der Waals surface area contributed by atoms with Gasteiger partial charge in [0.1, 0.15) is 59.8 Å². The van der Waals surface area contributed by atoms with Crippen molar-refractivity contribution in [3.8, 4) is 5.75 Å². The summed E-state index contributed by atoms with van der Waals surface area (Å²) in [6.45, 7) is 2.77. The van der Waals surface area contributed by atoms with Crippen LogP contribution in [0.15, 0.2) is 27.4 Å². The van der Waals surface area contributed by atoms with Crippen LogP contribution in [0.3, 0.4) is 0 Å². The summed E-state index contributed by atoms with van der Waals surface area (Å²) >= 11 is 0. The van der Waals surface area contributed by atoms with Gasteiger partial charge in [0.05, 0.1) is 12.0 Å². The van der Waals surface area contributed by atoms with Crippen molar-refractivity contribution < 1.29 is 49.3 Å². The Morgan fingerprint density at radius 2 is 1.84 bits per heavy atom. The van der Waals surface area contributed by atoms with E-state index in [1.807, 2.05) is 6.92 Å². The molecule has 12 heteroatoms. The fraction of sp³-hybridized carbons (Fsp3) is 0.615. The summed E-state index contributed by atoms with van der Waals surface area (Å²) in [5.74, 6) is 1.15. The maximum absolute atomic E-state index is 12.5. The predicted octanol–water partition coefficient (Wildman–Crippen LogP) is -0.536. The molecule has 2 aromatic rings. The Morgan fingerprint density at radius 1 is 1.11 bits per heavy atom. The summed E-state index contributed by atoms with van der Waals surface area (Å²) in [5.41, 5.74) is -0.0163. The Hall–Kier alpha value is -2.58. The van der Waals surface area contributed by atoms with Gasteiger partial charge in [-0.1, -0.05) is 0 Å². The molecule has 1 aromatic heterocycles. The molecule has 1 amide bonds. The Morgan fingerprint density at radius 3 is 2.53 bits per heavy atom. The average Bonchev–Trinajstić information content (AvgIpc) is 3.30. The van der Waals surface area contributed by atoms with Crippen LogP contribution in [0.1, 0.15) is 37.5 Å². The summed E-state index contributed by atoms with van der Waals surface area (Å²) in [6, 6.07) is 4.78. The highest BCUT2D eigenvalue weighted by Gasteiger charge is 2.44. The molecule has 210 valence electrons. The summed E-state index contributed by atoms with van der Waals surface area (Å²) in [7, 11) is 0. The minimum Gasteiger partial charge on any atom is -0.484 e. The second-order valence-electron chi connectivity index (χ2n) is 10.4. The van der Waals surface area contributed by atoms with E-state index in [1.54, 1.807) is 19.1 Å². The molecular formula is C26H35NO11. The molecule has 4 rings (SSSR count). The zero-order valence-corrected chi connectivity index (χ0v) is 21.3. The Balaban J connectivity index is 1.51. The van der Waals surface area contributed by atoms with Crippen molar-refractivity contribution in [3.05, 3.63) is 39.7 Å². The fourth-order valence-corrected chi connectivity index (χ4v) is 4.90. The van der Waals surface area contributed by atoms with Gasteiger partial charge in [0.15, 0.2) is 5.43 Å². The number of ether oxygens (including phenoxy) is 1. The maximum Gasteiger partial charge on any atom is 0.220 e. The van der Waals surface area contributed by atoms with Gasteiger partial charge < -0.3 is 40.0 Å². The summed E-state index contributed by atoms with van der Waals surface area (Å²) in [6.07, 6.45) is -5.66. The second-order valence-corrected chi connectivity index (χ2v) is 10.4. The first kappa shape index (κ1) is 28.4. The highest BCUT2D eigenvalue weighted by Crippen LogP contribution is 2.40. The van der Waals surface area contributed by atoms with Gasteiger partial charge in [-0.3, -0.25) is 9.59 Å². The highest BCUT2D eigenvalue weighted by atomic mass is 17.2. The molecule has 3 heterocycles. The molecule has 0 aliphatic carbocycles. The van der Waals surface area contributed by atoms with Crippen LogP contribution in [0.25, 0.3) is 11.0 Å². The Kier molecular flexibility index (Phi) is 8.72. The van der Waals surface area contributed by atoms with Crippen molar-refractivity contribution >= 4 is 16.9 Å². The van der Waals surface area contributed by atoms with E-state index in [9.17, 15) is 30.0 Å². The third-order valence-corrected chi connectivity index (χ3v) is 7.32. The second kappa shape index (κ2) is 11.7. The molecule has 2 aliphatic rings. The van der Waals surface area contributed by atoms with Crippen LogP contribution in [0, 0.1) is 12.8 Å². The van der Waals surface area contributed by atoms with Crippen molar-refractivity contribution in [2.75, 3.05) is 19.8 Å². The molecule has 7 unspecified atom stereocenters. The zero-order chi connectivity index (χ0) is 27.6. The van der Waals surface area contributed by atoms with Gasteiger partial charge in [0, 0.05) is 31.5 Å². The van der Waals surface area contributed by atoms with Crippen molar-refractivity contribution in [1.82, 2.24) is 5.32 Å². The molecule has 7 atom stereocenters. The molecule has 0 radical (unpaired) electrons. The van der Waals surface area contributed by atoms with Crippen molar-refractivity contribution in [2.24, 2.45) is 5.92 Å². The minimum atomic E-state index is -1.79. The van der Waals surface area contributed by atoms with Crippen LogP contribution in [0.4, 0.5) is 0 Å². The number of hydrogen-bond acceptors (Lipinski definition) is 11. The summed E-state index contributed by atoms with van der Waals surface area (Å²) in [4.78, 5) is 35.1. The van der Waals surface area contributed by atoms with Crippen LogP contribution in [-0.4, -0.2) is 87.3 Å². The largest absolute Gasteiger partial charge is 0.484 e. The standard InChI is InChI=1S/C26H35NO11/c1-13-5-17(29)16-7-15-8-22(38-35-12-19(31)25(34)24(33)18(30)11-28)26(2,37-20(15)9-21(16)36-13)4-3-14-6-23(32)27-10-14/h5,7,9,14,18-19,22,24-25,28,30-31,33-34H,3-4,6,8,10-12H2,1-2H3,(H,27,32). The van der Waals surface area contributed by atoms with Gasteiger partial charge >= 0.3 is 0 Å². The van der Waals surface area contributed by atoms with E-state index in [4.69, 9.17) is 24.0 Å². The number of fused-ring (bicyclic) bond motifs is 2. The molecular weight excluding hydrogens is 502 g/mol. The first-order valence-electron chi connectivity index (χ1n) is 12.6. The Labute approximate surface area is 218 Å². The lowest BCUT2D eigenvalue weighted by Crippen LogP contribution is -2.51. The quantitative estimate of drug-likeness (QED) is 0.160. The van der Waals surface area contributed by atoms with Crippen LogP contribution in [0.2, 0.25) is 0 Å². The van der Waals surface area contributed by atoms with Gasteiger partial charge in [-0.25, -0.2) is 9.78 Å². The monoisotopic (exact) mass is 537 g/mol. The van der Waals surface area contributed by atoms with Crippen LogP contribution in [-0.2, 0) is 21.0 Å². The van der Waals surface area contributed by atoms with Crippen LogP contribution in [0.5, 0.6) is 5.75 Å².